The van der Waals surface area contributed by atoms with Crippen LogP contribution in [-0.4, -0.2) is 11.7 Å². The SMILES string of the molecule is CC(C)C[P-]C(=O)c1c(Cl)cc(Cl)cc1Cl.[Li+]. The van der Waals surface area contributed by atoms with E-state index >= 15 is 0 Å². The Hall–Kier alpha value is 0.787. The van der Waals surface area contributed by atoms with Crippen LogP contribution in [0.25, 0.3) is 0 Å². The van der Waals surface area contributed by atoms with Crippen molar-refractivity contribution in [3.8, 4) is 0 Å². The minimum atomic E-state index is -0.0552. The van der Waals surface area contributed by atoms with Crippen LogP contribution in [0, 0.1) is 5.92 Å². The molecule has 0 heterocycles. The maximum Gasteiger partial charge on any atom is 1.00 e. The first-order chi connectivity index (χ1) is 7.41. The number of carbonyl (C=O) groups is 1. The fourth-order valence-electron chi connectivity index (χ4n) is 1.09. The van der Waals surface area contributed by atoms with Gasteiger partial charge in [-0.05, 0) is 12.1 Å². The second-order valence-corrected chi connectivity index (χ2v) is 6.12. The summed E-state index contributed by atoms with van der Waals surface area (Å²) in [4.78, 5) is 11.9. The third-order valence-electron chi connectivity index (χ3n) is 1.82. The number of benzene rings is 1. The van der Waals surface area contributed by atoms with Crippen molar-refractivity contribution in [2.24, 2.45) is 5.92 Å². The summed E-state index contributed by atoms with van der Waals surface area (Å²) >= 11 is 17.7. The van der Waals surface area contributed by atoms with Gasteiger partial charge in [-0.1, -0.05) is 54.6 Å². The number of hydrogen-bond donors (Lipinski definition) is 0. The van der Waals surface area contributed by atoms with Gasteiger partial charge in [0.15, 0.2) is 0 Å². The van der Waals surface area contributed by atoms with E-state index in [1.165, 1.54) is 12.1 Å². The fourth-order valence-corrected chi connectivity index (χ4v) is 3.14. The molecule has 0 atom stereocenters. The minimum absolute atomic E-state index is 0. The van der Waals surface area contributed by atoms with Crippen molar-refractivity contribution in [2.45, 2.75) is 13.8 Å². The summed E-state index contributed by atoms with van der Waals surface area (Å²) in [6.45, 7) is 4.12. The third kappa shape index (κ3) is 5.52. The third-order valence-corrected chi connectivity index (χ3v) is 4.06. The molecule has 0 saturated heterocycles. The second-order valence-electron chi connectivity index (χ2n) is 3.78. The van der Waals surface area contributed by atoms with E-state index in [4.69, 9.17) is 34.8 Å². The van der Waals surface area contributed by atoms with E-state index < -0.39 is 0 Å². The van der Waals surface area contributed by atoms with Gasteiger partial charge in [-0.25, -0.2) is 0 Å². The number of hydrogen-bond acceptors (Lipinski definition) is 1. The first-order valence-corrected chi connectivity index (χ1v) is 6.99. The molecule has 6 heteroatoms. The Balaban J connectivity index is 0.00000256. The Labute approximate surface area is 131 Å². The molecule has 0 amide bonds. The molecule has 1 aromatic rings. The minimum Gasteiger partial charge on any atom is -0.459 e. The van der Waals surface area contributed by atoms with Crippen molar-refractivity contribution in [1.82, 2.24) is 0 Å². The summed E-state index contributed by atoms with van der Waals surface area (Å²) in [5.74, 6) is 0.468. The van der Waals surface area contributed by atoms with Crippen molar-refractivity contribution < 1.29 is 23.7 Å². The molecule has 0 aliphatic rings. The van der Waals surface area contributed by atoms with Crippen LogP contribution in [0.1, 0.15) is 24.2 Å². The largest absolute Gasteiger partial charge is 1.00 e. The van der Waals surface area contributed by atoms with Crippen LogP contribution in [0.15, 0.2) is 12.1 Å². The van der Waals surface area contributed by atoms with Crippen molar-refractivity contribution >= 4 is 48.9 Å². The summed E-state index contributed by atoms with van der Waals surface area (Å²) in [6.07, 6.45) is 0.800. The predicted molar refractivity (Wildman–Crippen MR) is 72.4 cm³/mol. The Kier molecular flexibility index (Phi) is 8.43. The van der Waals surface area contributed by atoms with E-state index in [1.807, 2.05) is 0 Å². The Morgan fingerprint density at radius 1 is 1.24 bits per heavy atom. The summed E-state index contributed by atoms with van der Waals surface area (Å²) in [7, 11) is 0.712. The topological polar surface area (TPSA) is 17.1 Å². The first-order valence-electron chi connectivity index (χ1n) is 4.78. The summed E-state index contributed by atoms with van der Waals surface area (Å²) in [5, 5.41) is 1.07. The molecular formula is C11H11Cl3LiOP. The molecule has 88 valence electrons. The van der Waals surface area contributed by atoms with Gasteiger partial charge in [0, 0.05) is 16.1 Å². The number of rotatable bonds is 4. The van der Waals surface area contributed by atoms with Gasteiger partial charge in [-0.15, -0.1) is 0 Å². The van der Waals surface area contributed by atoms with Gasteiger partial charge in [0.2, 0.25) is 0 Å². The summed E-state index contributed by atoms with van der Waals surface area (Å²) in [5.41, 5.74) is 0.315. The zero-order valence-electron chi connectivity index (χ0n) is 9.93. The molecule has 1 aromatic carbocycles. The molecule has 0 fully saturated rings. The molecule has 17 heavy (non-hydrogen) atoms. The van der Waals surface area contributed by atoms with E-state index in [2.05, 4.69) is 13.8 Å². The molecule has 0 aliphatic heterocycles. The maximum absolute atomic E-state index is 11.9. The molecule has 0 saturated carbocycles. The number of halogens is 3. The zero-order valence-corrected chi connectivity index (χ0v) is 13.1. The smallest absolute Gasteiger partial charge is 0.459 e. The van der Waals surface area contributed by atoms with Gasteiger partial charge in [-0.2, -0.15) is 6.16 Å². The number of carbonyl (C=O) groups excluding carboxylic acids is 1. The van der Waals surface area contributed by atoms with Crippen LogP contribution < -0.4 is 18.9 Å². The van der Waals surface area contributed by atoms with Crippen molar-refractivity contribution in [3.63, 3.8) is 0 Å². The monoisotopic (exact) mass is 302 g/mol. The van der Waals surface area contributed by atoms with Crippen molar-refractivity contribution in [3.05, 3.63) is 32.8 Å². The molecule has 0 radical (unpaired) electrons. The van der Waals surface area contributed by atoms with Crippen LogP contribution in [0.5, 0.6) is 0 Å². The van der Waals surface area contributed by atoms with E-state index in [9.17, 15) is 4.79 Å². The van der Waals surface area contributed by atoms with Crippen molar-refractivity contribution in [1.29, 1.82) is 0 Å². The van der Waals surface area contributed by atoms with Crippen LogP contribution >= 0.6 is 43.4 Å². The molecule has 0 spiro atoms. The van der Waals surface area contributed by atoms with Gasteiger partial charge in [0.05, 0.1) is 10.0 Å². The Morgan fingerprint density at radius 3 is 2.12 bits per heavy atom. The molecule has 0 aliphatic carbocycles. The molecular weight excluding hydrogens is 292 g/mol. The van der Waals surface area contributed by atoms with Crippen LogP contribution in [0.3, 0.4) is 0 Å². The van der Waals surface area contributed by atoms with Gasteiger partial charge >= 0.3 is 18.9 Å². The average Bonchev–Trinajstić information content (AvgIpc) is 2.12. The van der Waals surface area contributed by atoms with Gasteiger partial charge in [0.25, 0.3) is 0 Å². The first kappa shape index (κ1) is 17.8. The normalized spacial score (nSPS) is 10.9. The molecule has 0 bridgehead atoms. The van der Waals surface area contributed by atoms with E-state index in [0.717, 1.165) is 6.16 Å². The Morgan fingerprint density at radius 2 is 1.71 bits per heavy atom. The predicted octanol–water partition coefficient (Wildman–Crippen LogP) is 2.39. The summed E-state index contributed by atoms with van der Waals surface area (Å²) in [6, 6.07) is 3.07. The molecule has 0 N–H and O–H groups in total. The van der Waals surface area contributed by atoms with Crippen LogP contribution in [-0.2, 0) is 0 Å². The maximum atomic E-state index is 11.9. The molecule has 0 unspecified atom stereocenters. The molecule has 1 rings (SSSR count). The van der Waals surface area contributed by atoms with E-state index in [-0.39, 0.29) is 24.4 Å². The van der Waals surface area contributed by atoms with Gasteiger partial charge in [0.1, 0.15) is 0 Å². The van der Waals surface area contributed by atoms with Gasteiger partial charge in [-0.3, -0.25) is 0 Å². The van der Waals surface area contributed by atoms with E-state index in [0.29, 0.717) is 35.1 Å². The van der Waals surface area contributed by atoms with E-state index in [1.54, 1.807) is 0 Å². The van der Waals surface area contributed by atoms with Crippen LogP contribution in [0.4, 0.5) is 0 Å². The molecule has 1 nitrogen and oxygen atoms in total. The fraction of sp³-hybridized carbons (Fsp3) is 0.364. The van der Waals surface area contributed by atoms with Gasteiger partial charge < -0.3 is 13.4 Å². The molecule has 0 aromatic heterocycles. The standard InChI is InChI=1S/C11H11Cl3OP.Li/c1-6(2)5-16-11(15)10-8(13)3-7(12)4-9(10)14;/h3-4,6H,5H2,1-2H3;/q-1;+1. The zero-order chi connectivity index (χ0) is 12.3. The van der Waals surface area contributed by atoms with Crippen LogP contribution in [0.2, 0.25) is 15.1 Å². The van der Waals surface area contributed by atoms with Crippen molar-refractivity contribution in [2.75, 3.05) is 6.16 Å². The quantitative estimate of drug-likeness (QED) is 0.616. The second kappa shape index (κ2) is 8.06. The summed E-state index contributed by atoms with van der Waals surface area (Å²) < 4.78 is 0. The average molecular weight is 303 g/mol. The Bertz CT molecular complexity index is 387.